The molecule has 0 bridgehead atoms. The summed E-state index contributed by atoms with van der Waals surface area (Å²) in [5.74, 6) is -1.21. The topological polar surface area (TPSA) is 70.8 Å². The van der Waals surface area contributed by atoms with Gasteiger partial charge in [0.2, 0.25) is 0 Å². The maximum Gasteiger partial charge on any atom is 0.326 e. The number of hydrogen-bond acceptors (Lipinski definition) is 3. The fraction of sp³-hybridized carbons (Fsp3) is 0.286. The lowest BCUT2D eigenvalue weighted by Crippen LogP contribution is -2.40. The summed E-state index contributed by atoms with van der Waals surface area (Å²) in [5.41, 5.74) is 1.07. The van der Waals surface area contributed by atoms with Crippen LogP contribution in [0.25, 0.3) is 11.0 Å². The van der Waals surface area contributed by atoms with Crippen molar-refractivity contribution in [3.63, 3.8) is 0 Å². The van der Waals surface area contributed by atoms with Gasteiger partial charge in [0.1, 0.15) is 17.9 Å². The highest BCUT2D eigenvalue weighted by molar-refractivity contribution is 6.07. The van der Waals surface area contributed by atoms with Crippen LogP contribution in [0, 0.1) is 0 Å². The van der Waals surface area contributed by atoms with E-state index in [1.165, 1.54) is 11.2 Å². The van der Waals surface area contributed by atoms with Crippen LogP contribution in [0.2, 0.25) is 0 Å². The third-order valence-corrected chi connectivity index (χ3v) is 3.51. The van der Waals surface area contributed by atoms with Crippen molar-refractivity contribution in [2.45, 2.75) is 18.9 Å². The Hall–Kier alpha value is -2.30. The second kappa shape index (κ2) is 4.42. The highest BCUT2D eigenvalue weighted by Crippen LogP contribution is 2.26. The van der Waals surface area contributed by atoms with Gasteiger partial charge in [-0.05, 0) is 18.9 Å². The van der Waals surface area contributed by atoms with Gasteiger partial charge in [0.25, 0.3) is 5.91 Å². The first-order valence-electron chi connectivity index (χ1n) is 6.18. The van der Waals surface area contributed by atoms with Crippen molar-refractivity contribution in [3.8, 4) is 0 Å². The summed E-state index contributed by atoms with van der Waals surface area (Å²) in [4.78, 5) is 25.0. The van der Waals surface area contributed by atoms with E-state index in [0.717, 1.165) is 11.8 Å². The maximum absolute atomic E-state index is 12.4. The number of benzene rings is 1. The molecule has 2 aromatic rings. The second-order valence-corrected chi connectivity index (χ2v) is 4.64. The number of carboxylic acid groups (broad SMARTS) is 1. The highest BCUT2D eigenvalue weighted by atomic mass is 16.4. The molecule has 19 heavy (non-hydrogen) atoms. The van der Waals surface area contributed by atoms with Crippen LogP contribution in [0.15, 0.2) is 34.9 Å². The minimum absolute atomic E-state index is 0.269. The lowest BCUT2D eigenvalue weighted by atomic mass is 10.1. The Balaban J connectivity index is 1.98. The van der Waals surface area contributed by atoms with Crippen molar-refractivity contribution in [1.29, 1.82) is 0 Å². The zero-order valence-electron chi connectivity index (χ0n) is 10.2. The van der Waals surface area contributed by atoms with Crippen LogP contribution in [0.4, 0.5) is 0 Å². The maximum atomic E-state index is 12.4. The van der Waals surface area contributed by atoms with Crippen LogP contribution >= 0.6 is 0 Å². The molecule has 1 saturated heterocycles. The standard InChI is InChI=1S/C14H13NO4/c16-13(15-7-3-5-11(15)14(17)18)10-8-19-12-6-2-1-4-9(10)12/h1-2,4,6,8,11H,3,5,7H2,(H,17,18)/t11-/m1/s1. The first-order valence-corrected chi connectivity index (χ1v) is 6.18. The minimum atomic E-state index is -0.946. The van der Waals surface area contributed by atoms with E-state index in [9.17, 15) is 9.59 Å². The average molecular weight is 259 g/mol. The van der Waals surface area contributed by atoms with Gasteiger partial charge < -0.3 is 14.4 Å². The second-order valence-electron chi connectivity index (χ2n) is 4.64. The zero-order chi connectivity index (χ0) is 13.4. The third kappa shape index (κ3) is 1.87. The van der Waals surface area contributed by atoms with Crippen LogP contribution in [-0.4, -0.2) is 34.5 Å². The van der Waals surface area contributed by atoms with Crippen molar-refractivity contribution in [3.05, 3.63) is 36.1 Å². The van der Waals surface area contributed by atoms with Crippen molar-refractivity contribution >= 4 is 22.8 Å². The van der Waals surface area contributed by atoms with Gasteiger partial charge in [0.05, 0.1) is 5.56 Å². The molecule has 0 unspecified atom stereocenters. The summed E-state index contributed by atoms with van der Waals surface area (Å²) in [5, 5.41) is 9.85. The number of carbonyl (C=O) groups is 2. The molecule has 2 heterocycles. The third-order valence-electron chi connectivity index (χ3n) is 3.51. The van der Waals surface area contributed by atoms with E-state index in [0.29, 0.717) is 24.1 Å². The van der Waals surface area contributed by atoms with Crippen molar-refractivity contribution < 1.29 is 19.1 Å². The number of carboxylic acids is 1. The molecule has 1 aliphatic heterocycles. The molecule has 0 spiro atoms. The molecule has 5 heteroatoms. The first kappa shape index (κ1) is 11.8. The van der Waals surface area contributed by atoms with Gasteiger partial charge in [-0.25, -0.2) is 4.79 Å². The van der Waals surface area contributed by atoms with E-state index in [2.05, 4.69) is 0 Å². The van der Waals surface area contributed by atoms with E-state index in [-0.39, 0.29) is 5.91 Å². The predicted molar refractivity (Wildman–Crippen MR) is 67.9 cm³/mol. The number of likely N-dealkylation sites (tertiary alicyclic amines) is 1. The first-order chi connectivity index (χ1) is 9.18. The fourth-order valence-corrected chi connectivity index (χ4v) is 2.56. The van der Waals surface area contributed by atoms with Gasteiger partial charge in [-0.1, -0.05) is 18.2 Å². The number of amides is 1. The normalized spacial score (nSPS) is 18.9. The van der Waals surface area contributed by atoms with E-state index in [1.807, 2.05) is 12.1 Å². The molecule has 1 atom stereocenters. The zero-order valence-corrected chi connectivity index (χ0v) is 10.2. The van der Waals surface area contributed by atoms with E-state index in [4.69, 9.17) is 9.52 Å². The molecule has 0 radical (unpaired) electrons. The monoisotopic (exact) mass is 259 g/mol. The smallest absolute Gasteiger partial charge is 0.326 e. The van der Waals surface area contributed by atoms with Crippen LogP contribution in [0.5, 0.6) is 0 Å². The number of para-hydroxylation sites is 1. The average Bonchev–Trinajstić information content (AvgIpc) is 3.05. The lowest BCUT2D eigenvalue weighted by molar-refractivity contribution is -0.141. The van der Waals surface area contributed by atoms with Gasteiger partial charge >= 0.3 is 5.97 Å². The van der Waals surface area contributed by atoms with Gasteiger partial charge in [-0.3, -0.25) is 4.79 Å². The number of fused-ring (bicyclic) bond motifs is 1. The lowest BCUT2D eigenvalue weighted by Gasteiger charge is -2.20. The van der Waals surface area contributed by atoms with Crippen LogP contribution < -0.4 is 0 Å². The van der Waals surface area contributed by atoms with E-state index >= 15 is 0 Å². The number of nitrogens with zero attached hydrogens (tertiary/aromatic N) is 1. The Morgan fingerprint density at radius 3 is 2.89 bits per heavy atom. The Morgan fingerprint density at radius 2 is 2.11 bits per heavy atom. The Labute approximate surface area is 109 Å². The highest BCUT2D eigenvalue weighted by Gasteiger charge is 2.35. The molecule has 1 aliphatic rings. The fourth-order valence-electron chi connectivity index (χ4n) is 2.56. The van der Waals surface area contributed by atoms with Gasteiger partial charge in [0, 0.05) is 11.9 Å². The summed E-state index contributed by atoms with van der Waals surface area (Å²) in [7, 11) is 0. The molecule has 1 aromatic carbocycles. The Kier molecular flexibility index (Phi) is 2.74. The molecule has 1 N–H and O–H groups in total. The number of hydrogen-bond donors (Lipinski definition) is 1. The van der Waals surface area contributed by atoms with Crippen molar-refractivity contribution in [1.82, 2.24) is 4.90 Å². The summed E-state index contributed by atoms with van der Waals surface area (Å²) < 4.78 is 5.33. The number of rotatable bonds is 2. The van der Waals surface area contributed by atoms with E-state index in [1.54, 1.807) is 12.1 Å². The van der Waals surface area contributed by atoms with Crippen LogP contribution in [-0.2, 0) is 4.79 Å². The summed E-state index contributed by atoms with van der Waals surface area (Å²) >= 11 is 0. The quantitative estimate of drug-likeness (QED) is 0.896. The molecule has 1 fully saturated rings. The van der Waals surface area contributed by atoms with Gasteiger partial charge in [0.15, 0.2) is 0 Å². The molecule has 1 amide bonds. The Morgan fingerprint density at radius 1 is 1.32 bits per heavy atom. The number of aliphatic carboxylic acids is 1. The molecule has 0 aliphatic carbocycles. The molecule has 5 nitrogen and oxygen atoms in total. The summed E-state index contributed by atoms with van der Waals surface area (Å²) in [6, 6.07) is 6.52. The molecular weight excluding hydrogens is 246 g/mol. The van der Waals surface area contributed by atoms with Crippen molar-refractivity contribution in [2.24, 2.45) is 0 Å². The number of carbonyl (C=O) groups excluding carboxylic acids is 1. The summed E-state index contributed by atoms with van der Waals surface area (Å²) in [6.45, 7) is 0.481. The molecule has 3 rings (SSSR count). The van der Waals surface area contributed by atoms with Gasteiger partial charge in [-0.2, -0.15) is 0 Å². The number of furan rings is 1. The summed E-state index contributed by atoms with van der Waals surface area (Å²) in [6.07, 6.45) is 2.64. The SMILES string of the molecule is O=C(O)[C@H]1CCCN1C(=O)c1coc2ccccc12. The van der Waals surface area contributed by atoms with Gasteiger partial charge in [-0.15, -0.1) is 0 Å². The molecule has 1 aromatic heterocycles. The molecular formula is C14H13NO4. The van der Waals surface area contributed by atoms with Crippen LogP contribution in [0.1, 0.15) is 23.2 Å². The van der Waals surface area contributed by atoms with Crippen molar-refractivity contribution in [2.75, 3.05) is 6.54 Å². The predicted octanol–water partition coefficient (Wildman–Crippen LogP) is 2.12. The minimum Gasteiger partial charge on any atom is -0.480 e. The van der Waals surface area contributed by atoms with E-state index < -0.39 is 12.0 Å². The largest absolute Gasteiger partial charge is 0.480 e. The Bertz CT molecular complexity index is 646. The molecule has 98 valence electrons. The van der Waals surface area contributed by atoms with Crippen LogP contribution in [0.3, 0.4) is 0 Å². The molecule has 0 saturated carbocycles.